The van der Waals surface area contributed by atoms with Gasteiger partial charge in [0.2, 0.25) is 0 Å². The van der Waals surface area contributed by atoms with E-state index in [-0.39, 0.29) is 11.3 Å². The van der Waals surface area contributed by atoms with Gasteiger partial charge >= 0.3 is 6.61 Å². The van der Waals surface area contributed by atoms with Crippen molar-refractivity contribution in [2.24, 2.45) is 0 Å². The fourth-order valence-electron chi connectivity index (χ4n) is 1.32. The van der Waals surface area contributed by atoms with Crippen molar-refractivity contribution in [3.63, 3.8) is 0 Å². The molecule has 4 nitrogen and oxygen atoms in total. The number of ether oxygens (including phenoxy) is 1. The van der Waals surface area contributed by atoms with Crippen LogP contribution in [0.4, 0.5) is 8.78 Å². The summed E-state index contributed by atoms with van der Waals surface area (Å²) in [7, 11) is 0. The first-order valence-corrected chi connectivity index (χ1v) is 6.13. The number of aliphatic hydroxyl groups is 1. The van der Waals surface area contributed by atoms with Crippen molar-refractivity contribution in [1.29, 1.82) is 0 Å². The Morgan fingerprint density at radius 1 is 1.30 bits per heavy atom. The van der Waals surface area contributed by atoms with Crippen molar-refractivity contribution in [3.05, 3.63) is 29.8 Å². The molecular formula is C14H19F2NO3. The molecule has 0 spiro atoms. The molecule has 0 unspecified atom stereocenters. The summed E-state index contributed by atoms with van der Waals surface area (Å²) in [5, 5.41) is 12.6. The van der Waals surface area contributed by atoms with Crippen molar-refractivity contribution in [1.82, 2.24) is 5.32 Å². The molecule has 0 radical (unpaired) electrons. The van der Waals surface area contributed by atoms with Gasteiger partial charge in [0.25, 0.3) is 5.91 Å². The van der Waals surface area contributed by atoms with Gasteiger partial charge in [-0.25, -0.2) is 0 Å². The summed E-state index contributed by atoms with van der Waals surface area (Å²) in [4.78, 5) is 12.1. The van der Waals surface area contributed by atoms with Crippen LogP contribution in [-0.4, -0.2) is 28.8 Å². The molecule has 6 heteroatoms. The molecule has 0 heterocycles. The van der Waals surface area contributed by atoms with E-state index in [1.807, 2.05) is 0 Å². The van der Waals surface area contributed by atoms with E-state index in [1.54, 1.807) is 27.7 Å². The van der Waals surface area contributed by atoms with Crippen molar-refractivity contribution in [2.75, 3.05) is 0 Å². The van der Waals surface area contributed by atoms with Gasteiger partial charge in [-0.1, -0.05) is 6.07 Å². The molecule has 0 saturated heterocycles. The minimum atomic E-state index is -2.94. The first-order valence-electron chi connectivity index (χ1n) is 6.13. The standard InChI is InChI=1S/C14H19F2NO3/c1-13(2,14(3,4)19)17-11(18)9-6-5-7-10(8-9)20-12(15)16/h5-8,12,19H,1-4H3,(H,17,18). The van der Waals surface area contributed by atoms with Crippen LogP contribution in [-0.2, 0) is 0 Å². The molecule has 0 aliphatic carbocycles. The number of halogens is 2. The van der Waals surface area contributed by atoms with Gasteiger partial charge in [-0.2, -0.15) is 8.78 Å². The third-order valence-electron chi connectivity index (χ3n) is 3.28. The van der Waals surface area contributed by atoms with E-state index in [4.69, 9.17) is 0 Å². The van der Waals surface area contributed by atoms with Gasteiger partial charge < -0.3 is 15.2 Å². The number of nitrogens with one attached hydrogen (secondary N) is 1. The summed E-state index contributed by atoms with van der Waals surface area (Å²) in [5.41, 5.74) is -1.84. The van der Waals surface area contributed by atoms with E-state index in [2.05, 4.69) is 10.1 Å². The number of hydrogen-bond donors (Lipinski definition) is 2. The monoisotopic (exact) mass is 287 g/mol. The van der Waals surface area contributed by atoms with Crippen LogP contribution in [0.25, 0.3) is 0 Å². The van der Waals surface area contributed by atoms with Gasteiger partial charge in [0.15, 0.2) is 0 Å². The lowest BCUT2D eigenvalue weighted by Crippen LogP contribution is -2.57. The number of benzene rings is 1. The summed E-state index contributed by atoms with van der Waals surface area (Å²) in [6.07, 6.45) is 0. The van der Waals surface area contributed by atoms with Gasteiger partial charge in [-0.3, -0.25) is 4.79 Å². The number of carbonyl (C=O) groups excluding carboxylic acids is 1. The lowest BCUT2D eigenvalue weighted by atomic mass is 9.86. The van der Waals surface area contributed by atoms with Gasteiger partial charge in [0.05, 0.1) is 11.1 Å². The number of carbonyl (C=O) groups is 1. The quantitative estimate of drug-likeness (QED) is 0.875. The average molecular weight is 287 g/mol. The van der Waals surface area contributed by atoms with E-state index >= 15 is 0 Å². The van der Waals surface area contributed by atoms with Gasteiger partial charge in [0, 0.05) is 5.56 Å². The zero-order valence-electron chi connectivity index (χ0n) is 11.9. The second-order valence-corrected chi connectivity index (χ2v) is 5.54. The highest BCUT2D eigenvalue weighted by molar-refractivity contribution is 5.95. The Hall–Kier alpha value is -1.69. The van der Waals surface area contributed by atoms with Crippen LogP contribution in [0, 0.1) is 0 Å². The fraction of sp³-hybridized carbons (Fsp3) is 0.500. The minimum absolute atomic E-state index is 0.0892. The molecule has 0 saturated carbocycles. The molecule has 0 aliphatic rings. The molecule has 0 aromatic heterocycles. The van der Waals surface area contributed by atoms with Crippen molar-refractivity contribution in [3.8, 4) is 5.75 Å². The van der Waals surface area contributed by atoms with Gasteiger partial charge in [-0.15, -0.1) is 0 Å². The SMILES string of the molecule is CC(C)(O)C(C)(C)NC(=O)c1cccc(OC(F)F)c1. The molecule has 1 rings (SSSR count). The Balaban J connectivity index is 2.88. The van der Waals surface area contributed by atoms with Crippen LogP contribution in [0.2, 0.25) is 0 Å². The first-order chi connectivity index (χ1) is 9.03. The zero-order chi connectivity index (χ0) is 15.6. The molecule has 0 bridgehead atoms. The average Bonchev–Trinajstić information content (AvgIpc) is 2.26. The Kier molecular flexibility index (Phi) is 4.70. The Bertz CT molecular complexity index is 482. The maximum atomic E-state index is 12.1. The number of rotatable bonds is 5. The van der Waals surface area contributed by atoms with Crippen LogP contribution in [0.1, 0.15) is 38.1 Å². The zero-order valence-corrected chi connectivity index (χ0v) is 11.9. The van der Waals surface area contributed by atoms with Crippen LogP contribution >= 0.6 is 0 Å². The molecule has 2 N–H and O–H groups in total. The van der Waals surface area contributed by atoms with Gasteiger partial charge in [0.1, 0.15) is 5.75 Å². The highest BCUT2D eigenvalue weighted by atomic mass is 19.3. The summed E-state index contributed by atoms with van der Waals surface area (Å²) < 4.78 is 28.5. The fourth-order valence-corrected chi connectivity index (χ4v) is 1.32. The Labute approximate surface area is 116 Å². The second kappa shape index (κ2) is 5.75. The highest BCUT2D eigenvalue weighted by Gasteiger charge is 2.36. The molecule has 112 valence electrons. The van der Waals surface area contributed by atoms with Crippen LogP contribution < -0.4 is 10.1 Å². The first kappa shape index (κ1) is 16.4. The lowest BCUT2D eigenvalue weighted by Gasteiger charge is -2.38. The summed E-state index contributed by atoms with van der Waals surface area (Å²) in [5.74, 6) is -0.564. The molecule has 0 fully saturated rings. The molecule has 1 amide bonds. The maximum Gasteiger partial charge on any atom is 0.387 e. The van der Waals surface area contributed by atoms with E-state index in [9.17, 15) is 18.7 Å². The topological polar surface area (TPSA) is 58.6 Å². The van der Waals surface area contributed by atoms with Crippen LogP contribution in [0.3, 0.4) is 0 Å². The smallest absolute Gasteiger partial charge is 0.387 e. The maximum absolute atomic E-state index is 12.1. The predicted molar refractivity (Wildman–Crippen MR) is 70.9 cm³/mol. The summed E-state index contributed by atoms with van der Waals surface area (Å²) in [6.45, 7) is 3.54. The Morgan fingerprint density at radius 2 is 1.90 bits per heavy atom. The lowest BCUT2D eigenvalue weighted by molar-refractivity contribution is -0.0498. The second-order valence-electron chi connectivity index (χ2n) is 5.54. The van der Waals surface area contributed by atoms with Crippen LogP contribution in [0.5, 0.6) is 5.75 Å². The third-order valence-corrected chi connectivity index (χ3v) is 3.28. The summed E-state index contributed by atoms with van der Waals surface area (Å²) >= 11 is 0. The van der Waals surface area contributed by atoms with Crippen LogP contribution in [0.15, 0.2) is 24.3 Å². The molecular weight excluding hydrogens is 268 g/mol. The number of amides is 1. The minimum Gasteiger partial charge on any atom is -0.435 e. The van der Waals surface area contributed by atoms with Crippen molar-refractivity contribution < 1.29 is 23.4 Å². The molecule has 20 heavy (non-hydrogen) atoms. The molecule has 0 atom stereocenters. The van der Waals surface area contributed by atoms with E-state index in [0.29, 0.717) is 0 Å². The van der Waals surface area contributed by atoms with E-state index in [0.717, 1.165) is 0 Å². The normalized spacial score (nSPS) is 12.4. The molecule has 1 aromatic rings. The number of hydrogen-bond acceptors (Lipinski definition) is 3. The predicted octanol–water partition coefficient (Wildman–Crippen LogP) is 2.57. The molecule has 0 aliphatic heterocycles. The van der Waals surface area contributed by atoms with Gasteiger partial charge in [-0.05, 0) is 45.9 Å². The largest absolute Gasteiger partial charge is 0.435 e. The van der Waals surface area contributed by atoms with E-state index in [1.165, 1.54) is 24.3 Å². The highest BCUT2D eigenvalue weighted by Crippen LogP contribution is 2.22. The molecule has 1 aromatic carbocycles. The summed E-state index contributed by atoms with van der Waals surface area (Å²) in [6, 6.07) is 5.49. The van der Waals surface area contributed by atoms with Crippen molar-refractivity contribution >= 4 is 5.91 Å². The third kappa shape index (κ3) is 4.16. The van der Waals surface area contributed by atoms with E-state index < -0.39 is 23.7 Å². The Morgan fingerprint density at radius 3 is 2.40 bits per heavy atom. The number of alkyl halides is 2. The van der Waals surface area contributed by atoms with Crippen molar-refractivity contribution in [2.45, 2.75) is 45.4 Å².